The van der Waals surface area contributed by atoms with Gasteiger partial charge < -0.3 is 14.4 Å². The zero-order chi connectivity index (χ0) is 14.3. The molecule has 6 nitrogen and oxygen atoms in total. The number of aromatic nitrogens is 2. The third-order valence-corrected chi connectivity index (χ3v) is 2.42. The summed E-state index contributed by atoms with van der Waals surface area (Å²) in [7, 11) is 3.27. The second-order valence-electron chi connectivity index (χ2n) is 4.46. The highest BCUT2D eigenvalue weighted by atomic mass is 16.5. The number of hydrogen-bond donors (Lipinski definition) is 0. The summed E-state index contributed by atoms with van der Waals surface area (Å²) in [5.41, 5.74) is 0. The Bertz CT molecular complexity index is 410. The molecule has 0 aliphatic rings. The third kappa shape index (κ3) is 5.54. The van der Waals surface area contributed by atoms with Crippen LogP contribution >= 0.6 is 0 Å². The fraction of sp³-hybridized carbons (Fsp3) is 0.615. The molecule has 0 aromatic carbocycles. The highest BCUT2D eigenvalue weighted by molar-refractivity contribution is 5.69. The van der Waals surface area contributed by atoms with Crippen molar-refractivity contribution in [1.29, 1.82) is 0 Å². The minimum atomic E-state index is -0.203. The van der Waals surface area contributed by atoms with E-state index in [1.54, 1.807) is 12.3 Å². The molecule has 1 aromatic rings. The molecule has 0 N–H and O–H groups in total. The Kier molecular flexibility index (Phi) is 6.05. The largest absolute Gasteiger partial charge is 0.475 e. The van der Waals surface area contributed by atoms with Crippen LogP contribution in [-0.2, 0) is 9.53 Å². The number of nitrogens with zero attached hydrogens (tertiary/aromatic N) is 3. The van der Waals surface area contributed by atoms with Crippen molar-refractivity contribution in [2.24, 2.45) is 0 Å². The molecule has 106 valence electrons. The van der Waals surface area contributed by atoms with E-state index in [1.165, 1.54) is 7.11 Å². The molecule has 0 spiro atoms. The summed E-state index contributed by atoms with van der Waals surface area (Å²) in [6, 6.07) is 1.73. The Hall–Kier alpha value is -1.85. The van der Waals surface area contributed by atoms with Crippen LogP contribution in [0.4, 0.5) is 5.95 Å². The van der Waals surface area contributed by atoms with Crippen LogP contribution in [0.15, 0.2) is 12.3 Å². The Labute approximate surface area is 113 Å². The van der Waals surface area contributed by atoms with Gasteiger partial charge in [0.1, 0.15) is 0 Å². The molecule has 6 heteroatoms. The third-order valence-electron chi connectivity index (χ3n) is 2.42. The van der Waals surface area contributed by atoms with Crippen LogP contribution in [0, 0.1) is 0 Å². The number of hydrogen-bond acceptors (Lipinski definition) is 6. The van der Waals surface area contributed by atoms with Gasteiger partial charge in [0.25, 0.3) is 0 Å². The number of esters is 1. The molecule has 0 saturated heterocycles. The molecule has 0 aliphatic carbocycles. The number of rotatable bonds is 7. The molecule has 0 amide bonds. The van der Waals surface area contributed by atoms with Crippen LogP contribution < -0.4 is 9.64 Å². The van der Waals surface area contributed by atoms with Gasteiger partial charge in [-0.1, -0.05) is 0 Å². The number of anilines is 1. The fourth-order valence-electron chi connectivity index (χ4n) is 1.49. The van der Waals surface area contributed by atoms with Gasteiger partial charge in [-0.3, -0.25) is 4.79 Å². The Morgan fingerprint density at radius 3 is 2.84 bits per heavy atom. The predicted octanol–water partition coefficient (Wildman–Crippen LogP) is 1.65. The van der Waals surface area contributed by atoms with Gasteiger partial charge in [-0.25, -0.2) is 4.98 Å². The Morgan fingerprint density at radius 1 is 1.47 bits per heavy atom. The molecule has 0 aliphatic heterocycles. The average molecular weight is 267 g/mol. The van der Waals surface area contributed by atoms with Crippen LogP contribution in [0.1, 0.15) is 26.7 Å². The lowest BCUT2D eigenvalue weighted by molar-refractivity contribution is -0.140. The highest BCUT2D eigenvalue weighted by Gasteiger charge is 2.08. The summed E-state index contributed by atoms with van der Waals surface area (Å²) >= 11 is 0. The molecule has 1 heterocycles. The first kappa shape index (κ1) is 15.2. The van der Waals surface area contributed by atoms with Crippen LogP contribution in [-0.4, -0.2) is 42.7 Å². The van der Waals surface area contributed by atoms with Crippen molar-refractivity contribution in [2.75, 3.05) is 25.6 Å². The Morgan fingerprint density at radius 2 is 2.21 bits per heavy atom. The second-order valence-corrected chi connectivity index (χ2v) is 4.46. The fourth-order valence-corrected chi connectivity index (χ4v) is 1.49. The first-order valence-corrected chi connectivity index (χ1v) is 6.30. The van der Waals surface area contributed by atoms with E-state index in [9.17, 15) is 4.79 Å². The predicted molar refractivity (Wildman–Crippen MR) is 72.3 cm³/mol. The van der Waals surface area contributed by atoms with Crippen LogP contribution in [0.2, 0.25) is 0 Å². The van der Waals surface area contributed by atoms with Gasteiger partial charge in [-0.2, -0.15) is 4.98 Å². The highest BCUT2D eigenvalue weighted by Crippen LogP contribution is 2.13. The lowest BCUT2D eigenvalue weighted by Crippen LogP contribution is -2.22. The van der Waals surface area contributed by atoms with Gasteiger partial charge in [0.05, 0.1) is 13.2 Å². The van der Waals surface area contributed by atoms with E-state index in [1.807, 2.05) is 25.8 Å². The monoisotopic (exact) mass is 267 g/mol. The molecule has 0 saturated carbocycles. The number of carbonyl (C=O) groups is 1. The van der Waals surface area contributed by atoms with Gasteiger partial charge in [0, 0.05) is 32.3 Å². The van der Waals surface area contributed by atoms with Crippen molar-refractivity contribution in [1.82, 2.24) is 9.97 Å². The maximum absolute atomic E-state index is 11.0. The van der Waals surface area contributed by atoms with E-state index >= 15 is 0 Å². The normalized spacial score (nSPS) is 10.4. The van der Waals surface area contributed by atoms with Crippen molar-refractivity contribution in [3.63, 3.8) is 0 Å². The molecule has 1 rings (SSSR count). The van der Waals surface area contributed by atoms with E-state index < -0.39 is 0 Å². The molecule has 0 unspecified atom stereocenters. The summed E-state index contributed by atoms with van der Waals surface area (Å²) in [4.78, 5) is 21.4. The molecule has 19 heavy (non-hydrogen) atoms. The minimum absolute atomic E-state index is 0.0763. The van der Waals surface area contributed by atoms with Crippen LogP contribution in [0.5, 0.6) is 5.88 Å². The van der Waals surface area contributed by atoms with E-state index in [0.717, 1.165) is 0 Å². The smallest absolute Gasteiger partial charge is 0.305 e. The molecule has 1 aromatic heterocycles. The van der Waals surface area contributed by atoms with Gasteiger partial charge >= 0.3 is 5.97 Å². The number of methoxy groups -OCH3 is 1. The molecule has 0 fully saturated rings. The van der Waals surface area contributed by atoms with Crippen LogP contribution in [0.3, 0.4) is 0 Å². The lowest BCUT2D eigenvalue weighted by Gasteiger charge is -2.17. The van der Waals surface area contributed by atoms with Crippen molar-refractivity contribution >= 4 is 11.9 Å². The molecule has 0 bridgehead atoms. The van der Waals surface area contributed by atoms with Gasteiger partial charge in [-0.05, 0) is 20.3 Å². The van der Waals surface area contributed by atoms with Gasteiger partial charge in [0.2, 0.25) is 11.8 Å². The summed E-state index contributed by atoms with van der Waals surface area (Å²) in [6.07, 6.45) is 2.83. The average Bonchev–Trinajstić information content (AvgIpc) is 2.37. The summed E-state index contributed by atoms with van der Waals surface area (Å²) in [5.74, 6) is 0.939. The zero-order valence-electron chi connectivity index (χ0n) is 11.9. The van der Waals surface area contributed by atoms with Crippen molar-refractivity contribution in [2.45, 2.75) is 32.8 Å². The van der Waals surface area contributed by atoms with Crippen molar-refractivity contribution < 1.29 is 14.3 Å². The number of ether oxygens (including phenoxy) is 2. The maximum atomic E-state index is 11.0. The van der Waals surface area contributed by atoms with Crippen molar-refractivity contribution in [3.8, 4) is 5.88 Å². The van der Waals surface area contributed by atoms with E-state index in [2.05, 4.69) is 14.7 Å². The quantitative estimate of drug-likeness (QED) is 0.700. The van der Waals surface area contributed by atoms with E-state index in [0.29, 0.717) is 31.2 Å². The molecular formula is C13H21N3O3. The molecular weight excluding hydrogens is 246 g/mol. The maximum Gasteiger partial charge on any atom is 0.305 e. The SMILES string of the molecule is COC(=O)CCCN(C)c1nccc(OC(C)C)n1. The summed E-state index contributed by atoms with van der Waals surface area (Å²) in [5, 5.41) is 0. The zero-order valence-corrected chi connectivity index (χ0v) is 11.9. The first-order valence-electron chi connectivity index (χ1n) is 6.30. The van der Waals surface area contributed by atoms with Gasteiger partial charge in [0.15, 0.2) is 0 Å². The summed E-state index contributed by atoms with van der Waals surface area (Å²) in [6.45, 7) is 4.57. The van der Waals surface area contributed by atoms with E-state index in [-0.39, 0.29) is 12.1 Å². The van der Waals surface area contributed by atoms with Gasteiger partial charge in [-0.15, -0.1) is 0 Å². The summed E-state index contributed by atoms with van der Waals surface area (Å²) < 4.78 is 10.1. The lowest BCUT2D eigenvalue weighted by atomic mass is 10.3. The molecule has 0 radical (unpaired) electrons. The first-order chi connectivity index (χ1) is 9.02. The second kappa shape index (κ2) is 7.56. The topological polar surface area (TPSA) is 64.5 Å². The standard InChI is InChI=1S/C13H21N3O3/c1-10(2)19-11-7-8-14-13(15-11)16(3)9-5-6-12(17)18-4/h7-8,10H,5-6,9H2,1-4H3. The molecule has 0 atom stereocenters. The van der Waals surface area contributed by atoms with E-state index in [4.69, 9.17) is 4.74 Å². The number of carbonyl (C=O) groups excluding carboxylic acids is 1. The minimum Gasteiger partial charge on any atom is -0.475 e. The van der Waals surface area contributed by atoms with Crippen LogP contribution in [0.25, 0.3) is 0 Å². The van der Waals surface area contributed by atoms with Crippen molar-refractivity contribution in [3.05, 3.63) is 12.3 Å². The Balaban J connectivity index is 2.51.